The number of carbonyl (C=O) groups is 1. The number of nitrogens with zero attached hydrogens (tertiary/aromatic N) is 5. The van der Waals surface area contributed by atoms with E-state index in [4.69, 9.17) is 0 Å². The standard InChI is InChI=1S/C15H14N6O/c1-11-18-19-20-21(11)14-7-5-12(6-8-14)15(22)17-10-13-4-2-3-9-16-13/h2-9H,10H2,1H3,(H,17,22). The van der Waals surface area contributed by atoms with Crippen LogP contribution >= 0.6 is 0 Å². The molecule has 7 heteroatoms. The number of aryl methyl sites for hydroxylation is 1. The van der Waals surface area contributed by atoms with Gasteiger partial charge in [-0.15, -0.1) is 5.10 Å². The van der Waals surface area contributed by atoms with Gasteiger partial charge in [0, 0.05) is 11.8 Å². The van der Waals surface area contributed by atoms with Crippen LogP contribution in [0, 0.1) is 6.92 Å². The van der Waals surface area contributed by atoms with Gasteiger partial charge in [0.05, 0.1) is 17.9 Å². The fourth-order valence-corrected chi connectivity index (χ4v) is 2.00. The molecule has 0 aliphatic rings. The van der Waals surface area contributed by atoms with Crippen LogP contribution in [0.4, 0.5) is 0 Å². The topological polar surface area (TPSA) is 85.6 Å². The maximum Gasteiger partial charge on any atom is 0.251 e. The Kier molecular flexibility index (Phi) is 3.86. The molecular formula is C15H14N6O. The van der Waals surface area contributed by atoms with Gasteiger partial charge in [0.2, 0.25) is 0 Å². The van der Waals surface area contributed by atoms with Crippen molar-refractivity contribution in [2.75, 3.05) is 0 Å². The van der Waals surface area contributed by atoms with Gasteiger partial charge in [-0.05, 0) is 53.7 Å². The minimum absolute atomic E-state index is 0.148. The van der Waals surface area contributed by atoms with Crippen LogP contribution in [-0.4, -0.2) is 31.1 Å². The first-order valence-electron chi connectivity index (χ1n) is 6.77. The van der Waals surface area contributed by atoms with Crippen LogP contribution in [0.25, 0.3) is 5.69 Å². The van der Waals surface area contributed by atoms with Crippen molar-refractivity contribution in [1.29, 1.82) is 0 Å². The van der Waals surface area contributed by atoms with Crippen molar-refractivity contribution in [3.05, 3.63) is 65.7 Å². The minimum Gasteiger partial charge on any atom is -0.346 e. The molecule has 0 atom stereocenters. The van der Waals surface area contributed by atoms with Crippen LogP contribution in [0.2, 0.25) is 0 Å². The second-order valence-corrected chi connectivity index (χ2v) is 4.69. The first-order valence-corrected chi connectivity index (χ1v) is 6.77. The van der Waals surface area contributed by atoms with Gasteiger partial charge in [0.15, 0.2) is 5.82 Å². The van der Waals surface area contributed by atoms with Gasteiger partial charge in [-0.1, -0.05) is 6.07 Å². The quantitative estimate of drug-likeness (QED) is 0.783. The Hall–Kier alpha value is -3.09. The van der Waals surface area contributed by atoms with Gasteiger partial charge < -0.3 is 5.32 Å². The lowest BCUT2D eigenvalue weighted by molar-refractivity contribution is 0.0950. The highest BCUT2D eigenvalue weighted by Crippen LogP contribution is 2.09. The van der Waals surface area contributed by atoms with E-state index in [0.717, 1.165) is 11.4 Å². The fraction of sp³-hybridized carbons (Fsp3) is 0.133. The molecule has 0 unspecified atom stereocenters. The van der Waals surface area contributed by atoms with E-state index in [9.17, 15) is 4.79 Å². The van der Waals surface area contributed by atoms with Crippen LogP contribution in [0.5, 0.6) is 0 Å². The van der Waals surface area contributed by atoms with Gasteiger partial charge >= 0.3 is 0 Å². The number of tetrazole rings is 1. The van der Waals surface area contributed by atoms with E-state index in [0.29, 0.717) is 17.9 Å². The van der Waals surface area contributed by atoms with Crippen LogP contribution < -0.4 is 5.32 Å². The molecule has 0 fully saturated rings. The second-order valence-electron chi connectivity index (χ2n) is 4.69. The van der Waals surface area contributed by atoms with Crippen LogP contribution in [0.3, 0.4) is 0 Å². The number of hydrogen-bond acceptors (Lipinski definition) is 5. The molecule has 0 aliphatic heterocycles. The molecule has 2 heterocycles. The number of pyridine rings is 1. The number of benzene rings is 1. The SMILES string of the molecule is Cc1nnnn1-c1ccc(C(=O)NCc2ccccn2)cc1. The van der Waals surface area contributed by atoms with Crippen molar-refractivity contribution < 1.29 is 4.79 Å². The first kappa shape index (κ1) is 13.9. The molecule has 110 valence electrons. The third-order valence-corrected chi connectivity index (χ3v) is 3.16. The Morgan fingerprint density at radius 2 is 2.00 bits per heavy atom. The van der Waals surface area contributed by atoms with Gasteiger partial charge in [0.25, 0.3) is 5.91 Å². The van der Waals surface area contributed by atoms with Crippen molar-refractivity contribution in [2.45, 2.75) is 13.5 Å². The minimum atomic E-state index is -0.148. The second kappa shape index (κ2) is 6.13. The smallest absolute Gasteiger partial charge is 0.251 e. The lowest BCUT2D eigenvalue weighted by Gasteiger charge is -2.06. The highest BCUT2D eigenvalue weighted by Gasteiger charge is 2.07. The summed E-state index contributed by atoms with van der Waals surface area (Å²) in [7, 11) is 0. The number of carbonyl (C=O) groups excluding carboxylic acids is 1. The number of nitrogens with one attached hydrogen (secondary N) is 1. The summed E-state index contributed by atoms with van der Waals surface area (Å²) in [4.78, 5) is 16.3. The summed E-state index contributed by atoms with van der Waals surface area (Å²) in [6.07, 6.45) is 1.70. The van der Waals surface area contributed by atoms with E-state index in [-0.39, 0.29) is 5.91 Å². The molecule has 22 heavy (non-hydrogen) atoms. The van der Waals surface area contributed by atoms with E-state index in [2.05, 4.69) is 25.8 Å². The molecule has 3 aromatic rings. The summed E-state index contributed by atoms with van der Waals surface area (Å²) < 4.78 is 1.61. The molecule has 0 spiro atoms. The van der Waals surface area contributed by atoms with Crippen molar-refractivity contribution in [3.8, 4) is 5.69 Å². The van der Waals surface area contributed by atoms with Gasteiger partial charge in [-0.3, -0.25) is 9.78 Å². The maximum atomic E-state index is 12.1. The largest absolute Gasteiger partial charge is 0.346 e. The molecular weight excluding hydrogens is 280 g/mol. The van der Waals surface area contributed by atoms with E-state index in [1.807, 2.05) is 25.1 Å². The molecule has 3 rings (SSSR count). The van der Waals surface area contributed by atoms with E-state index >= 15 is 0 Å². The average molecular weight is 294 g/mol. The predicted molar refractivity (Wildman–Crippen MR) is 79.3 cm³/mol. The molecule has 0 saturated carbocycles. The number of amides is 1. The van der Waals surface area contributed by atoms with Gasteiger partial charge in [-0.25, -0.2) is 0 Å². The van der Waals surface area contributed by atoms with Crippen LogP contribution in [0.15, 0.2) is 48.7 Å². The molecule has 7 nitrogen and oxygen atoms in total. The summed E-state index contributed by atoms with van der Waals surface area (Å²) >= 11 is 0. The highest BCUT2D eigenvalue weighted by atomic mass is 16.1. The summed E-state index contributed by atoms with van der Waals surface area (Å²) in [5.74, 6) is 0.540. The van der Waals surface area contributed by atoms with Crippen molar-refractivity contribution in [3.63, 3.8) is 0 Å². The Morgan fingerprint density at radius 1 is 1.18 bits per heavy atom. The Balaban J connectivity index is 1.67. The zero-order valence-electron chi connectivity index (χ0n) is 12.0. The summed E-state index contributed by atoms with van der Waals surface area (Å²) in [6, 6.07) is 12.7. The molecule has 1 N–H and O–H groups in total. The lowest BCUT2D eigenvalue weighted by atomic mass is 10.2. The third kappa shape index (κ3) is 2.98. The molecule has 2 aromatic heterocycles. The monoisotopic (exact) mass is 294 g/mol. The fourth-order valence-electron chi connectivity index (χ4n) is 2.00. The van der Waals surface area contributed by atoms with Crippen molar-refractivity contribution in [1.82, 2.24) is 30.5 Å². The zero-order chi connectivity index (χ0) is 15.4. The van der Waals surface area contributed by atoms with Gasteiger partial charge in [0.1, 0.15) is 0 Å². The molecule has 0 radical (unpaired) electrons. The van der Waals surface area contributed by atoms with Crippen LogP contribution in [-0.2, 0) is 6.54 Å². The summed E-state index contributed by atoms with van der Waals surface area (Å²) in [5.41, 5.74) is 2.20. The number of aromatic nitrogens is 5. The third-order valence-electron chi connectivity index (χ3n) is 3.16. The van der Waals surface area contributed by atoms with Crippen LogP contribution in [0.1, 0.15) is 21.9 Å². The maximum absolute atomic E-state index is 12.1. The van der Waals surface area contributed by atoms with Crippen molar-refractivity contribution >= 4 is 5.91 Å². The zero-order valence-corrected chi connectivity index (χ0v) is 12.0. The highest BCUT2D eigenvalue weighted by molar-refractivity contribution is 5.94. The lowest BCUT2D eigenvalue weighted by Crippen LogP contribution is -2.23. The predicted octanol–water partition coefficient (Wildman–Crippen LogP) is 1.30. The Labute approximate surface area is 127 Å². The number of rotatable bonds is 4. The van der Waals surface area contributed by atoms with Crippen molar-refractivity contribution in [2.24, 2.45) is 0 Å². The molecule has 0 bridgehead atoms. The van der Waals surface area contributed by atoms with E-state index in [1.54, 1.807) is 35.1 Å². The summed E-state index contributed by atoms with van der Waals surface area (Å²) in [5, 5.41) is 14.1. The molecule has 0 saturated heterocycles. The van der Waals surface area contributed by atoms with E-state index in [1.165, 1.54) is 0 Å². The Morgan fingerprint density at radius 3 is 2.64 bits per heavy atom. The molecule has 0 aliphatic carbocycles. The van der Waals surface area contributed by atoms with Gasteiger partial charge in [-0.2, -0.15) is 4.68 Å². The first-order chi connectivity index (χ1) is 10.7. The average Bonchev–Trinajstić information content (AvgIpc) is 3.00. The molecule has 1 aromatic carbocycles. The Bertz CT molecular complexity index is 766. The number of hydrogen-bond donors (Lipinski definition) is 1. The normalized spacial score (nSPS) is 10.4. The van der Waals surface area contributed by atoms with E-state index < -0.39 is 0 Å². The molecule has 1 amide bonds. The summed E-state index contributed by atoms with van der Waals surface area (Å²) in [6.45, 7) is 2.21.